The summed E-state index contributed by atoms with van der Waals surface area (Å²) in [6.07, 6.45) is 7.01. The Bertz CT molecular complexity index is 413. The molecule has 1 aromatic heterocycles. The van der Waals surface area contributed by atoms with Gasteiger partial charge in [-0.25, -0.2) is 0 Å². The van der Waals surface area contributed by atoms with Gasteiger partial charge in [0.2, 0.25) is 0 Å². The third-order valence-electron chi connectivity index (χ3n) is 2.44. The molecule has 1 heterocycles. The first-order chi connectivity index (χ1) is 7.73. The number of rotatable bonds is 1. The molecule has 0 aliphatic heterocycles. The van der Waals surface area contributed by atoms with Crippen molar-refractivity contribution in [3.8, 4) is 0 Å². The van der Waals surface area contributed by atoms with Crippen LogP contribution in [0.5, 0.6) is 0 Å². The maximum Gasteiger partial charge on any atom is 0.0311 e. The molecule has 1 aromatic rings. The van der Waals surface area contributed by atoms with Gasteiger partial charge in [-0.1, -0.05) is 0 Å². The minimum absolute atomic E-state index is 0.193. The van der Waals surface area contributed by atoms with E-state index in [1.165, 1.54) is 16.6 Å². The molecule has 0 saturated heterocycles. The van der Waals surface area contributed by atoms with Crippen molar-refractivity contribution in [2.75, 3.05) is 0 Å². The summed E-state index contributed by atoms with van der Waals surface area (Å²) in [5.41, 5.74) is 0.193. The van der Waals surface area contributed by atoms with E-state index in [9.17, 15) is 0 Å². The van der Waals surface area contributed by atoms with E-state index in [0.29, 0.717) is 0 Å². The van der Waals surface area contributed by atoms with E-state index in [1.54, 1.807) is 0 Å². The maximum atomic E-state index is 2.33. The molecular weight excluding hydrogens is 623 g/mol. The van der Waals surface area contributed by atoms with E-state index in [-0.39, 0.29) is 5.54 Å². The van der Waals surface area contributed by atoms with E-state index >= 15 is 0 Å². The topological polar surface area (TPSA) is 13.1 Å². The van der Waals surface area contributed by atoms with Crippen LogP contribution in [0.3, 0.4) is 0 Å². The monoisotopic (exact) mass is 642 g/mol. The largest absolute Gasteiger partial charge is 0.185 e. The van der Waals surface area contributed by atoms with Crippen molar-refractivity contribution < 1.29 is 19.4 Å². The summed E-state index contributed by atoms with van der Waals surface area (Å²) in [7, 11) is 2.06. The Morgan fingerprint density at radius 1 is 1.29 bits per heavy atom. The molecule has 0 bridgehead atoms. The third kappa shape index (κ3) is 5.45. The molecule has 1 fully saturated rings. The molecule has 2 rings (SSSR count). The molecule has 0 N–H and O–H groups in total. The average molecular weight is 642 g/mol. The van der Waals surface area contributed by atoms with Crippen molar-refractivity contribution in [2.24, 2.45) is 7.05 Å². The maximum absolute atomic E-state index is 2.33. The summed E-state index contributed by atoms with van der Waals surface area (Å²) in [5.74, 6) is 0. The van der Waals surface area contributed by atoms with Gasteiger partial charge in [0.15, 0.2) is 0 Å². The van der Waals surface area contributed by atoms with Gasteiger partial charge >= 0.3 is 78.0 Å². The van der Waals surface area contributed by atoms with Gasteiger partial charge in [0, 0.05) is 51.8 Å². The molecule has 3 nitrogen and oxygen atoms in total. The van der Waals surface area contributed by atoms with E-state index in [0.717, 1.165) is 6.04 Å². The minimum Gasteiger partial charge on any atom is -0.185 e. The molecule has 1 aliphatic carbocycles. The molecule has 0 unspecified atom stereocenters. The van der Waals surface area contributed by atoms with Crippen molar-refractivity contribution in [2.45, 2.75) is 45.2 Å². The molecule has 102 valence electrons. The summed E-state index contributed by atoms with van der Waals surface area (Å²) in [6.45, 7) is 6.61. The Kier molecular flexibility index (Phi) is 6.41. The summed E-state index contributed by atoms with van der Waals surface area (Å²) in [4.78, 5) is 0. The van der Waals surface area contributed by atoms with E-state index in [4.69, 9.17) is 0 Å². The quantitative estimate of drug-likeness (QED) is 0.336. The fourth-order valence-corrected chi connectivity index (χ4v) is 3.41. The number of hydrogen-bond acceptors (Lipinski definition) is 1. The Hall–Kier alpha value is 1.32. The molecular formula is C11H19I2N3Pt. The van der Waals surface area contributed by atoms with Gasteiger partial charge in [0.1, 0.15) is 0 Å². The molecule has 6 heteroatoms. The summed E-state index contributed by atoms with van der Waals surface area (Å²) in [6, 6.07) is 0.909. The summed E-state index contributed by atoms with van der Waals surface area (Å²) < 4.78 is 7.86. The second-order valence-corrected chi connectivity index (χ2v) is 10.1. The number of hydrogen-bond donors (Lipinski definition) is 0. The van der Waals surface area contributed by atoms with Crippen LogP contribution in [-0.2, 0) is 31.9 Å². The van der Waals surface area contributed by atoms with Crippen molar-refractivity contribution in [3.05, 3.63) is 16.2 Å². The van der Waals surface area contributed by atoms with Gasteiger partial charge in [0.05, 0.1) is 0 Å². The van der Waals surface area contributed by atoms with Crippen LogP contribution in [0, 0.1) is 3.80 Å². The molecule has 17 heavy (non-hydrogen) atoms. The van der Waals surface area contributed by atoms with Crippen molar-refractivity contribution in [3.63, 3.8) is 0 Å². The summed E-state index contributed by atoms with van der Waals surface area (Å²) in [5, 5.41) is 0. The number of imidazole rings is 1. The van der Waals surface area contributed by atoms with Crippen molar-refractivity contribution in [1.29, 1.82) is 0 Å². The Labute approximate surface area is 142 Å². The first-order valence-electron chi connectivity index (χ1n) is 5.54. The van der Waals surface area contributed by atoms with Gasteiger partial charge in [0.25, 0.3) is 0 Å². The number of halogens is 2. The zero-order valence-electron chi connectivity index (χ0n) is 10.6. The van der Waals surface area contributed by atoms with Crippen LogP contribution in [0.4, 0.5) is 0 Å². The Balaban J connectivity index is 0.000000202. The fourth-order valence-electron chi connectivity index (χ4n) is 1.20. The summed E-state index contributed by atoms with van der Waals surface area (Å²) >= 11 is 6.96. The second kappa shape index (κ2) is 6.66. The molecule has 0 aromatic carbocycles. The molecule has 0 spiro atoms. The first kappa shape index (κ1) is 16.4. The van der Waals surface area contributed by atoms with Gasteiger partial charge in [-0.2, -0.15) is 1.33 Å². The van der Waals surface area contributed by atoms with Crippen LogP contribution in [0.15, 0.2) is 12.4 Å². The van der Waals surface area contributed by atoms with E-state index in [1.807, 2.05) is 0 Å². The zero-order valence-corrected chi connectivity index (χ0v) is 17.1. The molecule has 0 atom stereocenters. The first-order valence-corrected chi connectivity index (χ1v) is 8.60. The molecule has 1 aliphatic rings. The minimum atomic E-state index is 0.193. The van der Waals surface area contributed by atoms with Crippen LogP contribution < -0.4 is 0 Å². The molecule has 0 radical (unpaired) electrons. The Morgan fingerprint density at radius 3 is 1.94 bits per heavy atom. The van der Waals surface area contributed by atoms with Crippen LogP contribution in [0.2, 0.25) is 0 Å². The van der Waals surface area contributed by atoms with E-state index in [2.05, 4.69) is 116 Å². The number of nitrogens with zero attached hydrogens (tertiary/aromatic N) is 3. The van der Waals surface area contributed by atoms with Crippen LogP contribution in [0.1, 0.15) is 33.6 Å². The molecule has 1 saturated carbocycles. The van der Waals surface area contributed by atoms with Gasteiger partial charge in [-0.05, 0) is 12.8 Å². The Morgan fingerprint density at radius 2 is 1.82 bits per heavy atom. The number of aromatic nitrogens is 2. The normalized spacial score (nSPS) is 15.8. The third-order valence-corrected chi connectivity index (χ3v) is 5.36. The SMILES string of the molecule is Cn1ccn(C(C)(C)C)[c]1=[Pt].IN(I)C1CC1. The zero-order chi connectivity index (χ0) is 13.2. The van der Waals surface area contributed by atoms with Crippen LogP contribution >= 0.6 is 45.7 Å². The fraction of sp³-hybridized carbons (Fsp3) is 0.727. The van der Waals surface area contributed by atoms with Crippen LogP contribution in [0.25, 0.3) is 0 Å². The van der Waals surface area contributed by atoms with Gasteiger partial charge in [-0.15, -0.1) is 0 Å². The van der Waals surface area contributed by atoms with E-state index < -0.39 is 0 Å². The number of aryl methyl sites for hydroxylation is 1. The van der Waals surface area contributed by atoms with Gasteiger partial charge in [-0.3, -0.25) is 0 Å². The standard InChI is InChI=1S/C8H14N2.C3H5I2N.Pt/c1-8(2,3)10-6-5-9(4)7-10;4-6(5)3-1-2-3;/h5-6H,1-4H3;3H,1-2H2;. The predicted molar refractivity (Wildman–Crippen MR) is 84.5 cm³/mol. The van der Waals surface area contributed by atoms with Crippen LogP contribution in [-0.4, -0.2) is 16.5 Å². The molecule has 0 amide bonds. The second-order valence-electron chi connectivity index (χ2n) is 5.18. The average Bonchev–Trinajstić information content (AvgIpc) is 2.95. The predicted octanol–water partition coefficient (Wildman–Crippen LogP) is 3.81. The van der Waals surface area contributed by atoms with Crippen molar-refractivity contribution >= 4 is 45.7 Å². The van der Waals surface area contributed by atoms with Crippen molar-refractivity contribution in [1.82, 2.24) is 10.5 Å². The smallest absolute Gasteiger partial charge is 0.0311 e. The van der Waals surface area contributed by atoms with Gasteiger partial charge < -0.3 is 0 Å².